The van der Waals surface area contributed by atoms with E-state index in [1.165, 1.54) is 0 Å². The predicted molar refractivity (Wildman–Crippen MR) is 100 cm³/mol. The molecular weight excluding hydrogens is 292 g/mol. The van der Waals surface area contributed by atoms with Gasteiger partial charge >= 0.3 is 0 Å². The minimum absolute atomic E-state index is 0.833. The summed E-state index contributed by atoms with van der Waals surface area (Å²) in [5.41, 5.74) is 1.09. The SMILES string of the molecule is C=C/C(C)=C\C=C(/C)S(=O)N1CCCN(C)CC1.CC(C)C. The minimum atomic E-state index is -1.01. The van der Waals surface area contributed by atoms with Gasteiger partial charge in [-0.25, -0.2) is 8.51 Å². The summed E-state index contributed by atoms with van der Waals surface area (Å²) in [6.45, 7) is 18.0. The third-order valence-corrected chi connectivity index (χ3v) is 4.61. The third kappa shape index (κ3) is 10.1. The molecule has 0 bridgehead atoms. The first kappa shape index (κ1) is 21.3. The average molecular weight is 327 g/mol. The van der Waals surface area contributed by atoms with E-state index in [2.05, 4.69) is 43.6 Å². The summed E-state index contributed by atoms with van der Waals surface area (Å²) in [6.07, 6.45) is 6.77. The number of rotatable bonds is 4. The van der Waals surface area contributed by atoms with Crippen molar-refractivity contribution in [2.45, 2.75) is 41.0 Å². The van der Waals surface area contributed by atoms with Gasteiger partial charge in [-0.2, -0.15) is 0 Å². The van der Waals surface area contributed by atoms with Gasteiger partial charge in [-0.3, -0.25) is 0 Å². The van der Waals surface area contributed by atoms with Gasteiger partial charge in [-0.1, -0.05) is 45.1 Å². The summed E-state index contributed by atoms with van der Waals surface area (Å²) < 4.78 is 14.4. The van der Waals surface area contributed by atoms with E-state index in [0.29, 0.717) is 0 Å². The lowest BCUT2D eigenvalue weighted by Crippen LogP contribution is -2.30. The summed E-state index contributed by atoms with van der Waals surface area (Å²) in [5.74, 6) is 0.833. The molecule has 0 amide bonds. The molecule has 1 aliphatic rings. The maximum Gasteiger partial charge on any atom is 0.123 e. The van der Waals surface area contributed by atoms with Crippen LogP contribution in [-0.2, 0) is 11.0 Å². The summed E-state index contributed by atoms with van der Waals surface area (Å²) >= 11 is 0. The van der Waals surface area contributed by atoms with Gasteiger partial charge in [-0.15, -0.1) is 0 Å². The smallest absolute Gasteiger partial charge is 0.123 e. The molecular formula is C18H34N2OS. The Labute approximate surface area is 140 Å². The Balaban J connectivity index is 0.000000980. The fraction of sp³-hybridized carbons (Fsp3) is 0.667. The van der Waals surface area contributed by atoms with E-state index in [4.69, 9.17) is 0 Å². The standard InChI is InChI=1S/C14H24N2OS.C4H10/c1-5-13(2)7-8-14(3)18(17)16-10-6-9-15(4)11-12-16;1-4(2)3/h5,7-8H,1,6,9-12H2,2-4H3;4H,1-3H3/b13-7-,14-8+;. The largest absolute Gasteiger partial charge is 0.305 e. The minimum Gasteiger partial charge on any atom is -0.305 e. The van der Waals surface area contributed by atoms with Crippen molar-refractivity contribution >= 4 is 11.0 Å². The molecule has 1 rings (SSSR count). The predicted octanol–water partition coefficient (Wildman–Crippen LogP) is 3.99. The normalized spacial score (nSPS) is 20.1. The number of likely N-dealkylation sites (N-methyl/N-ethyl adjacent to an activating group) is 1. The van der Waals surface area contributed by atoms with Crippen molar-refractivity contribution in [1.29, 1.82) is 0 Å². The summed E-state index contributed by atoms with van der Waals surface area (Å²) in [5, 5.41) is 0. The van der Waals surface area contributed by atoms with Gasteiger partial charge < -0.3 is 4.90 Å². The molecule has 0 aliphatic carbocycles. The zero-order valence-electron chi connectivity index (χ0n) is 15.3. The fourth-order valence-corrected chi connectivity index (χ4v) is 2.90. The molecule has 22 heavy (non-hydrogen) atoms. The Morgan fingerprint density at radius 1 is 1.09 bits per heavy atom. The molecule has 0 N–H and O–H groups in total. The molecule has 1 heterocycles. The molecule has 0 spiro atoms. The maximum atomic E-state index is 12.4. The van der Waals surface area contributed by atoms with Crippen LogP contribution >= 0.6 is 0 Å². The molecule has 1 unspecified atom stereocenters. The first-order chi connectivity index (χ1) is 10.3. The lowest BCUT2D eigenvalue weighted by Gasteiger charge is -2.19. The van der Waals surface area contributed by atoms with Crippen molar-refractivity contribution in [2.24, 2.45) is 5.92 Å². The lowest BCUT2D eigenvalue weighted by atomic mass is 10.3. The Hall–Kier alpha value is -0.710. The van der Waals surface area contributed by atoms with Crippen LogP contribution in [0.1, 0.15) is 41.0 Å². The molecule has 0 aromatic carbocycles. The van der Waals surface area contributed by atoms with Gasteiger partial charge in [0.1, 0.15) is 11.0 Å². The molecule has 0 radical (unpaired) electrons. The first-order valence-electron chi connectivity index (χ1n) is 8.11. The average Bonchev–Trinajstić information content (AvgIpc) is 2.67. The quantitative estimate of drug-likeness (QED) is 0.729. The van der Waals surface area contributed by atoms with Crippen molar-refractivity contribution < 1.29 is 4.21 Å². The Kier molecular flexibility index (Phi) is 11.4. The van der Waals surface area contributed by atoms with E-state index >= 15 is 0 Å². The van der Waals surface area contributed by atoms with Gasteiger partial charge in [0.25, 0.3) is 0 Å². The highest BCUT2D eigenvalue weighted by Crippen LogP contribution is 2.11. The fourth-order valence-electron chi connectivity index (χ4n) is 1.77. The first-order valence-corrected chi connectivity index (χ1v) is 9.21. The summed E-state index contributed by atoms with van der Waals surface area (Å²) in [7, 11) is 1.11. The number of allylic oxidation sites excluding steroid dienone is 5. The van der Waals surface area contributed by atoms with E-state index in [1.54, 1.807) is 6.08 Å². The van der Waals surface area contributed by atoms with Crippen molar-refractivity contribution in [2.75, 3.05) is 33.2 Å². The van der Waals surface area contributed by atoms with Gasteiger partial charge in [-0.05, 0) is 45.9 Å². The highest BCUT2D eigenvalue weighted by molar-refractivity contribution is 7.86. The highest BCUT2D eigenvalue weighted by Gasteiger charge is 2.17. The second-order valence-electron chi connectivity index (χ2n) is 6.46. The van der Waals surface area contributed by atoms with E-state index in [-0.39, 0.29) is 0 Å². The second kappa shape index (κ2) is 11.8. The Bertz CT molecular complexity index is 411. The van der Waals surface area contributed by atoms with Crippen LogP contribution in [0.3, 0.4) is 0 Å². The molecule has 1 fully saturated rings. The van der Waals surface area contributed by atoms with E-state index in [0.717, 1.165) is 49.0 Å². The number of hydrogen-bond acceptors (Lipinski definition) is 2. The van der Waals surface area contributed by atoms with Gasteiger partial charge in [0, 0.05) is 24.5 Å². The topological polar surface area (TPSA) is 23.6 Å². The molecule has 0 aromatic rings. The maximum absolute atomic E-state index is 12.4. The Morgan fingerprint density at radius 3 is 2.23 bits per heavy atom. The molecule has 1 aliphatic heterocycles. The second-order valence-corrected chi connectivity index (χ2v) is 8.12. The van der Waals surface area contributed by atoms with E-state index in [9.17, 15) is 4.21 Å². The van der Waals surface area contributed by atoms with Gasteiger partial charge in [0.2, 0.25) is 0 Å². The zero-order valence-corrected chi connectivity index (χ0v) is 16.1. The van der Waals surface area contributed by atoms with Gasteiger partial charge in [0.05, 0.1) is 0 Å². The molecule has 1 atom stereocenters. The summed E-state index contributed by atoms with van der Waals surface area (Å²) in [4.78, 5) is 3.19. The van der Waals surface area contributed by atoms with E-state index in [1.807, 2.05) is 26.0 Å². The van der Waals surface area contributed by atoms with Crippen molar-refractivity contribution in [3.63, 3.8) is 0 Å². The number of hydrogen-bond donors (Lipinski definition) is 0. The lowest BCUT2D eigenvalue weighted by molar-refractivity contribution is 0.350. The third-order valence-electron chi connectivity index (χ3n) is 3.09. The van der Waals surface area contributed by atoms with Crippen LogP contribution in [0.5, 0.6) is 0 Å². The van der Waals surface area contributed by atoms with E-state index < -0.39 is 11.0 Å². The van der Waals surface area contributed by atoms with Crippen molar-refractivity contribution in [1.82, 2.24) is 9.21 Å². The van der Waals surface area contributed by atoms with Gasteiger partial charge in [0.15, 0.2) is 0 Å². The van der Waals surface area contributed by atoms with Crippen LogP contribution in [0.2, 0.25) is 0 Å². The van der Waals surface area contributed by atoms with Crippen LogP contribution < -0.4 is 0 Å². The van der Waals surface area contributed by atoms with Crippen molar-refractivity contribution in [3.05, 3.63) is 35.3 Å². The molecule has 1 saturated heterocycles. The Morgan fingerprint density at radius 2 is 1.68 bits per heavy atom. The molecule has 0 saturated carbocycles. The van der Waals surface area contributed by atoms with Crippen LogP contribution in [-0.4, -0.2) is 46.6 Å². The van der Waals surface area contributed by atoms with Crippen LogP contribution in [0.25, 0.3) is 0 Å². The van der Waals surface area contributed by atoms with Crippen LogP contribution in [0.15, 0.2) is 35.3 Å². The molecule has 4 heteroatoms. The monoisotopic (exact) mass is 326 g/mol. The number of nitrogens with zero attached hydrogens (tertiary/aromatic N) is 2. The zero-order chi connectivity index (χ0) is 17.1. The van der Waals surface area contributed by atoms with Crippen LogP contribution in [0, 0.1) is 5.92 Å². The molecule has 128 valence electrons. The van der Waals surface area contributed by atoms with Crippen molar-refractivity contribution in [3.8, 4) is 0 Å². The molecule has 0 aromatic heterocycles. The molecule has 3 nitrogen and oxygen atoms in total. The summed E-state index contributed by atoms with van der Waals surface area (Å²) in [6, 6.07) is 0. The van der Waals surface area contributed by atoms with Crippen LogP contribution in [0.4, 0.5) is 0 Å². The highest BCUT2D eigenvalue weighted by atomic mass is 32.2.